The third-order valence-corrected chi connectivity index (χ3v) is 1.32. The third-order valence-electron chi connectivity index (χ3n) is 1.32. The minimum Gasteiger partial charge on any atom is -0.360 e. The van der Waals surface area contributed by atoms with Crippen molar-refractivity contribution in [3.05, 3.63) is 24.0 Å². The van der Waals surface area contributed by atoms with Gasteiger partial charge in [-0.1, -0.05) is 0 Å². The lowest BCUT2D eigenvalue weighted by molar-refractivity contribution is 1.32. The summed E-state index contributed by atoms with van der Waals surface area (Å²) in [6, 6.07) is 3.96. The fraction of sp³-hybridized carbons (Fsp3) is 0.286. The lowest BCUT2D eigenvalue weighted by atomic mass is 10.3. The van der Waals surface area contributed by atoms with Crippen molar-refractivity contribution in [3.63, 3.8) is 0 Å². The number of nitrogens with one attached hydrogen (secondary N) is 1. The van der Waals surface area contributed by atoms with Crippen molar-refractivity contribution in [1.82, 2.24) is 4.98 Å². The zero-order valence-electron chi connectivity index (χ0n) is 5.68. The Balaban J connectivity index is 2.90. The van der Waals surface area contributed by atoms with Gasteiger partial charge in [-0.2, -0.15) is 0 Å². The molecule has 0 atom stereocenters. The van der Waals surface area contributed by atoms with Crippen LogP contribution in [-0.4, -0.2) is 17.7 Å². The van der Waals surface area contributed by atoms with Crippen LogP contribution in [-0.2, 0) is 0 Å². The lowest BCUT2D eigenvalue weighted by Gasteiger charge is -1.90. The molecule has 2 nitrogen and oxygen atoms in total. The quantitative estimate of drug-likeness (QED) is 0.546. The Morgan fingerprint density at radius 2 is 2.44 bits per heavy atom. The van der Waals surface area contributed by atoms with E-state index in [0.29, 0.717) is 0 Å². The first kappa shape index (κ1) is 6.08. The van der Waals surface area contributed by atoms with Gasteiger partial charge in [-0.15, -0.1) is 0 Å². The van der Waals surface area contributed by atoms with Crippen LogP contribution in [0.1, 0.15) is 12.6 Å². The first-order valence-corrected chi connectivity index (χ1v) is 2.91. The molecule has 1 heterocycles. The summed E-state index contributed by atoms with van der Waals surface area (Å²) in [5.74, 6) is 0. The van der Waals surface area contributed by atoms with Crippen molar-refractivity contribution >= 4 is 5.71 Å². The Bertz CT molecular complexity index is 197. The fourth-order valence-corrected chi connectivity index (χ4v) is 0.676. The molecule has 0 radical (unpaired) electrons. The normalized spacial score (nSPS) is 12.0. The second-order valence-electron chi connectivity index (χ2n) is 1.89. The summed E-state index contributed by atoms with van der Waals surface area (Å²) in [6.45, 7) is 1.98. The molecule has 1 aromatic heterocycles. The number of aromatic nitrogens is 1. The largest absolute Gasteiger partial charge is 0.360 e. The van der Waals surface area contributed by atoms with Crippen LogP contribution in [0, 0.1) is 0 Å². The van der Waals surface area contributed by atoms with Crippen LogP contribution in [0.5, 0.6) is 0 Å². The summed E-state index contributed by atoms with van der Waals surface area (Å²) in [5.41, 5.74) is 2.14. The summed E-state index contributed by atoms with van der Waals surface area (Å²) in [7, 11) is 1.79. The maximum atomic E-state index is 4.02. The van der Waals surface area contributed by atoms with Gasteiger partial charge in [0.1, 0.15) is 0 Å². The number of aliphatic imine (C=N–C) groups is 1. The van der Waals surface area contributed by atoms with Crippen molar-refractivity contribution in [1.29, 1.82) is 0 Å². The van der Waals surface area contributed by atoms with Crippen molar-refractivity contribution in [3.8, 4) is 0 Å². The molecule has 0 aliphatic heterocycles. The van der Waals surface area contributed by atoms with Gasteiger partial charge < -0.3 is 4.98 Å². The molecule has 0 saturated heterocycles. The van der Waals surface area contributed by atoms with E-state index in [9.17, 15) is 0 Å². The van der Waals surface area contributed by atoms with Gasteiger partial charge in [0.2, 0.25) is 0 Å². The SMILES string of the molecule is CN=C(C)c1ccc[nH]1. The fourth-order valence-electron chi connectivity index (χ4n) is 0.676. The van der Waals surface area contributed by atoms with E-state index in [4.69, 9.17) is 0 Å². The maximum Gasteiger partial charge on any atom is 0.0591 e. The second kappa shape index (κ2) is 2.49. The van der Waals surface area contributed by atoms with E-state index < -0.39 is 0 Å². The first-order chi connectivity index (χ1) is 4.34. The molecule has 9 heavy (non-hydrogen) atoms. The van der Waals surface area contributed by atoms with Crippen molar-refractivity contribution in [2.45, 2.75) is 6.92 Å². The van der Waals surface area contributed by atoms with Crippen molar-refractivity contribution in [2.24, 2.45) is 4.99 Å². The molecule has 48 valence electrons. The van der Waals surface area contributed by atoms with Crippen molar-refractivity contribution in [2.75, 3.05) is 7.05 Å². The highest BCUT2D eigenvalue weighted by Gasteiger charge is 1.92. The van der Waals surface area contributed by atoms with E-state index in [1.54, 1.807) is 7.05 Å². The summed E-state index contributed by atoms with van der Waals surface area (Å²) in [5, 5.41) is 0. The molecule has 1 aromatic rings. The highest BCUT2D eigenvalue weighted by molar-refractivity contribution is 5.96. The summed E-state index contributed by atoms with van der Waals surface area (Å²) in [4.78, 5) is 7.07. The van der Waals surface area contributed by atoms with Gasteiger partial charge in [-0.05, 0) is 19.1 Å². The first-order valence-electron chi connectivity index (χ1n) is 2.91. The van der Waals surface area contributed by atoms with Gasteiger partial charge >= 0.3 is 0 Å². The Kier molecular flexibility index (Phi) is 1.68. The number of nitrogens with zero attached hydrogens (tertiary/aromatic N) is 1. The molecule has 0 bridgehead atoms. The van der Waals surface area contributed by atoms with Crippen LogP contribution < -0.4 is 0 Å². The molecule has 0 fully saturated rings. The smallest absolute Gasteiger partial charge is 0.0591 e. The number of hydrogen-bond donors (Lipinski definition) is 1. The van der Waals surface area contributed by atoms with Crippen LogP contribution >= 0.6 is 0 Å². The average Bonchev–Trinajstić information content (AvgIpc) is 2.37. The van der Waals surface area contributed by atoms with E-state index in [-0.39, 0.29) is 0 Å². The van der Waals surface area contributed by atoms with E-state index in [0.717, 1.165) is 11.4 Å². The minimum atomic E-state index is 1.04. The predicted octanol–water partition coefficient (Wildman–Crippen LogP) is 1.45. The number of hydrogen-bond acceptors (Lipinski definition) is 1. The molecule has 0 aromatic carbocycles. The van der Waals surface area contributed by atoms with Gasteiger partial charge in [-0.25, -0.2) is 0 Å². The molecular weight excluding hydrogens is 112 g/mol. The Morgan fingerprint density at radius 1 is 1.67 bits per heavy atom. The van der Waals surface area contributed by atoms with E-state index >= 15 is 0 Å². The number of rotatable bonds is 1. The lowest BCUT2D eigenvalue weighted by Crippen LogP contribution is -1.92. The van der Waals surface area contributed by atoms with E-state index in [2.05, 4.69) is 9.98 Å². The summed E-state index contributed by atoms with van der Waals surface area (Å²) >= 11 is 0. The zero-order valence-corrected chi connectivity index (χ0v) is 5.68. The molecular formula is C7H10N2. The van der Waals surface area contributed by atoms with Gasteiger partial charge in [0.25, 0.3) is 0 Å². The number of aromatic amines is 1. The molecule has 1 rings (SSSR count). The predicted molar refractivity (Wildman–Crippen MR) is 38.9 cm³/mol. The molecule has 0 saturated carbocycles. The van der Waals surface area contributed by atoms with Crippen molar-refractivity contribution < 1.29 is 0 Å². The third kappa shape index (κ3) is 1.19. The summed E-state index contributed by atoms with van der Waals surface area (Å²) < 4.78 is 0. The number of H-pyrrole nitrogens is 1. The minimum absolute atomic E-state index is 1.04. The van der Waals surface area contributed by atoms with Crippen LogP contribution in [0.3, 0.4) is 0 Å². The van der Waals surface area contributed by atoms with Gasteiger partial charge in [0.05, 0.1) is 11.4 Å². The van der Waals surface area contributed by atoms with Gasteiger partial charge in [-0.3, -0.25) is 4.99 Å². The van der Waals surface area contributed by atoms with E-state index in [1.807, 2.05) is 25.3 Å². The zero-order chi connectivity index (χ0) is 6.69. The van der Waals surface area contributed by atoms with E-state index in [1.165, 1.54) is 0 Å². The topological polar surface area (TPSA) is 28.1 Å². The van der Waals surface area contributed by atoms with Crippen LogP contribution in [0.4, 0.5) is 0 Å². The molecule has 0 amide bonds. The second-order valence-corrected chi connectivity index (χ2v) is 1.89. The molecule has 2 heteroatoms. The standard InChI is InChI=1S/C7H10N2/c1-6(8-2)7-4-3-5-9-7/h3-5,9H,1-2H3. The molecule has 0 spiro atoms. The maximum absolute atomic E-state index is 4.02. The highest BCUT2D eigenvalue weighted by Crippen LogP contribution is 1.95. The monoisotopic (exact) mass is 122 g/mol. The van der Waals surface area contributed by atoms with Crippen LogP contribution in [0.15, 0.2) is 23.3 Å². The van der Waals surface area contributed by atoms with Gasteiger partial charge in [0.15, 0.2) is 0 Å². The molecule has 0 aliphatic carbocycles. The average molecular weight is 122 g/mol. The van der Waals surface area contributed by atoms with Crippen LogP contribution in [0.2, 0.25) is 0 Å². The molecule has 0 aliphatic rings. The Labute approximate surface area is 54.6 Å². The summed E-state index contributed by atoms with van der Waals surface area (Å²) in [6.07, 6.45) is 1.89. The molecule has 0 unspecified atom stereocenters. The van der Waals surface area contributed by atoms with Crippen LogP contribution in [0.25, 0.3) is 0 Å². The Morgan fingerprint density at radius 3 is 2.89 bits per heavy atom. The van der Waals surface area contributed by atoms with Gasteiger partial charge in [0, 0.05) is 13.2 Å². The highest BCUT2D eigenvalue weighted by atomic mass is 14.8. The molecule has 1 N–H and O–H groups in total. The Hall–Kier alpha value is -1.05.